The van der Waals surface area contributed by atoms with Crippen molar-refractivity contribution in [1.82, 2.24) is 4.90 Å². The average molecular weight is 309 g/mol. The molecule has 0 saturated carbocycles. The summed E-state index contributed by atoms with van der Waals surface area (Å²) in [5.74, 6) is -0.177. The quantitative estimate of drug-likeness (QED) is 0.945. The lowest BCUT2D eigenvalue weighted by Crippen LogP contribution is -2.43. The maximum absolute atomic E-state index is 11.9. The molecule has 2 aromatic carbocycles. The maximum Gasteiger partial charge on any atom is 0.251 e. The van der Waals surface area contributed by atoms with Crippen molar-refractivity contribution in [2.24, 2.45) is 0 Å². The van der Waals surface area contributed by atoms with E-state index in [-0.39, 0.29) is 17.4 Å². The van der Waals surface area contributed by atoms with Crippen LogP contribution < -0.4 is 0 Å². The van der Waals surface area contributed by atoms with Crippen LogP contribution in [0.5, 0.6) is 0 Å². The zero-order valence-corrected chi connectivity index (χ0v) is 13.9. The van der Waals surface area contributed by atoms with E-state index in [9.17, 15) is 9.90 Å². The van der Waals surface area contributed by atoms with Crippen molar-refractivity contribution in [3.63, 3.8) is 0 Å². The van der Waals surface area contributed by atoms with Crippen LogP contribution in [-0.2, 0) is 10.2 Å². The fraction of sp³-hybridized carbons (Fsp3) is 0.350. The highest BCUT2D eigenvalue weighted by Gasteiger charge is 2.44. The fourth-order valence-corrected chi connectivity index (χ4v) is 3.55. The van der Waals surface area contributed by atoms with E-state index >= 15 is 0 Å². The number of nitrogens with zero attached hydrogens (tertiary/aromatic N) is 1. The summed E-state index contributed by atoms with van der Waals surface area (Å²) < 4.78 is 0. The third-order valence-corrected chi connectivity index (χ3v) is 5.12. The molecule has 1 aliphatic heterocycles. The van der Waals surface area contributed by atoms with Gasteiger partial charge in [-0.25, -0.2) is 0 Å². The summed E-state index contributed by atoms with van der Waals surface area (Å²) in [6.07, 6.45) is -0.379. The zero-order chi connectivity index (χ0) is 16.6. The summed E-state index contributed by atoms with van der Waals surface area (Å²) in [6.45, 7) is 4.27. The monoisotopic (exact) mass is 309 g/mol. The van der Waals surface area contributed by atoms with Crippen molar-refractivity contribution in [2.75, 3.05) is 7.05 Å². The number of hydrogen-bond donors (Lipinski definition) is 1. The van der Waals surface area contributed by atoms with E-state index in [0.29, 0.717) is 6.42 Å². The van der Waals surface area contributed by atoms with Crippen LogP contribution in [0.4, 0.5) is 0 Å². The number of aliphatic hydroxyl groups is 1. The Kier molecular flexibility index (Phi) is 3.99. The average Bonchev–Trinajstić information content (AvgIpc) is 2.84. The highest BCUT2D eigenvalue weighted by molar-refractivity contribution is 5.83. The van der Waals surface area contributed by atoms with Crippen molar-refractivity contribution >= 4 is 5.91 Å². The minimum Gasteiger partial charge on any atom is -0.383 e. The molecular formula is C20H23NO2. The second kappa shape index (κ2) is 5.82. The highest BCUT2D eigenvalue weighted by Crippen LogP contribution is 2.37. The first kappa shape index (κ1) is 15.8. The Morgan fingerprint density at radius 2 is 1.57 bits per heavy atom. The van der Waals surface area contributed by atoms with E-state index in [1.807, 2.05) is 18.2 Å². The van der Waals surface area contributed by atoms with E-state index in [4.69, 9.17) is 0 Å². The number of likely N-dealkylation sites (tertiary alicyclic amines) is 1. The predicted molar refractivity (Wildman–Crippen MR) is 92.1 cm³/mol. The zero-order valence-electron chi connectivity index (χ0n) is 13.9. The first-order chi connectivity index (χ1) is 10.9. The number of carbonyl (C=O) groups is 1. The fourth-order valence-electron chi connectivity index (χ4n) is 3.55. The Balaban J connectivity index is 1.88. The van der Waals surface area contributed by atoms with Gasteiger partial charge in [0.2, 0.25) is 0 Å². The molecule has 3 heteroatoms. The SMILES string of the molecule is CN1C(=O)[C@H](O)C[C@H]1C(C)(C)c1ccc(-c2ccccc2)cc1. The lowest BCUT2D eigenvalue weighted by atomic mass is 9.76. The molecule has 1 aliphatic rings. The van der Waals surface area contributed by atoms with Crippen LogP contribution in [0.15, 0.2) is 54.6 Å². The molecule has 1 heterocycles. The Hall–Kier alpha value is -2.13. The Morgan fingerprint density at radius 3 is 2.09 bits per heavy atom. The maximum atomic E-state index is 11.9. The van der Waals surface area contributed by atoms with Crippen molar-refractivity contribution in [1.29, 1.82) is 0 Å². The molecule has 3 rings (SSSR count). The van der Waals surface area contributed by atoms with Gasteiger partial charge in [-0.2, -0.15) is 0 Å². The lowest BCUT2D eigenvalue weighted by Gasteiger charge is -2.36. The van der Waals surface area contributed by atoms with E-state index in [1.165, 1.54) is 16.7 Å². The van der Waals surface area contributed by atoms with E-state index in [1.54, 1.807) is 11.9 Å². The third kappa shape index (κ3) is 2.77. The van der Waals surface area contributed by atoms with Crippen LogP contribution in [0.1, 0.15) is 25.8 Å². The predicted octanol–water partition coefficient (Wildman–Crippen LogP) is 3.22. The molecule has 0 bridgehead atoms. The summed E-state index contributed by atoms with van der Waals surface area (Å²) in [6, 6.07) is 18.8. The smallest absolute Gasteiger partial charge is 0.251 e. The van der Waals surface area contributed by atoms with Crippen LogP contribution in [0.2, 0.25) is 0 Å². The van der Waals surface area contributed by atoms with Crippen LogP contribution in [0.3, 0.4) is 0 Å². The Bertz CT molecular complexity index is 691. The first-order valence-electron chi connectivity index (χ1n) is 8.02. The molecule has 0 radical (unpaired) electrons. The minimum atomic E-state index is -0.868. The van der Waals surface area contributed by atoms with Gasteiger partial charge in [-0.05, 0) is 16.7 Å². The summed E-state index contributed by atoms with van der Waals surface area (Å²) in [5, 5.41) is 9.85. The topological polar surface area (TPSA) is 40.5 Å². The number of benzene rings is 2. The molecule has 0 unspecified atom stereocenters. The summed E-state index contributed by atoms with van der Waals surface area (Å²) >= 11 is 0. The van der Waals surface area contributed by atoms with Gasteiger partial charge in [-0.3, -0.25) is 4.79 Å². The van der Waals surface area contributed by atoms with Crippen molar-refractivity contribution < 1.29 is 9.90 Å². The standard InChI is InChI=1S/C20H23NO2/c1-20(2,18-13-17(22)19(23)21(18)3)16-11-9-15(10-12-16)14-7-5-4-6-8-14/h4-12,17-18,22H,13H2,1-3H3/t17-,18+/m1/s1. The molecular weight excluding hydrogens is 286 g/mol. The van der Waals surface area contributed by atoms with Crippen molar-refractivity contribution in [2.45, 2.75) is 37.8 Å². The van der Waals surface area contributed by atoms with Crippen molar-refractivity contribution in [3.8, 4) is 11.1 Å². The van der Waals surface area contributed by atoms with Gasteiger partial charge in [0, 0.05) is 24.9 Å². The molecule has 120 valence electrons. The lowest BCUT2D eigenvalue weighted by molar-refractivity contribution is -0.134. The second-order valence-corrected chi connectivity index (χ2v) is 6.88. The van der Waals surface area contributed by atoms with Crippen LogP contribution >= 0.6 is 0 Å². The number of rotatable bonds is 3. The summed E-state index contributed by atoms with van der Waals surface area (Å²) in [7, 11) is 1.78. The second-order valence-electron chi connectivity index (χ2n) is 6.88. The van der Waals surface area contributed by atoms with Gasteiger partial charge in [0.05, 0.1) is 0 Å². The summed E-state index contributed by atoms with van der Waals surface area (Å²) in [4.78, 5) is 13.6. The van der Waals surface area contributed by atoms with Gasteiger partial charge in [-0.15, -0.1) is 0 Å². The Labute approximate surface area is 137 Å². The van der Waals surface area contributed by atoms with Gasteiger partial charge in [0.15, 0.2) is 0 Å². The molecule has 0 spiro atoms. The minimum absolute atomic E-state index is 0.00701. The van der Waals surface area contributed by atoms with E-state index < -0.39 is 6.10 Å². The molecule has 2 atom stereocenters. The van der Waals surface area contributed by atoms with Gasteiger partial charge in [0.1, 0.15) is 6.10 Å². The largest absolute Gasteiger partial charge is 0.383 e. The van der Waals surface area contributed by atoms with Gasteiger partial charge in [0.25, 0.3) is 5.91 Å². The van der Waals surface area contributed by atoms with Gasteiger partial charge in [-0.1, -0.05) is 68.4 Å². The van der Waals surface area contributed by atoms with Gasteiger partial charge >= 0.3 is 0 Å². The summed E-state index contributed by atoms with van der Waals surface area (Å²) in [5.41, 5.74) is 3.34. The number of aliphatic hydroxyl groups excluding tert-OH is 1. The molecule has 1 amide bonds. The van der Waals surface area contributed by atoms with Crippen LogP contribution in [0, 0.1) is 0 Å². The van der Waals surface area contributed by atoms with Crippen molar-refractivity contribution in [3.05, 3.63) is 60.2 Å². The highest BCUT2D eigenvalue weighted by atomic mass is 16.3. The first-order valence-corrected chi connectivity index (χ1v) is 8.02. The molecule has 1 saturated heterocycles. The molecule has 1 fully saturated rings. The van der Waals surface area contributed by atoms with Crippen LogP contribution in [0.25, 0.3) is 11.1 Å². The van der Waals surface area contributed by atoms with E-state index in [2.05, 4.69) is 50.2 Å². The number of hydrogen-bond acceptors (Lipinski definition) is 2. The van der Waals surface area contributed by atoms with Crippen LogP contribution in [-0.4, -0.2) is 35.1 Å². The molecule has 1 N–H and O–H groups in total. The molecule has 23 heavy (non-hydrogen) atoms. The molecule has 3 nitrogen and oxygen atoms in total. The molecule has 0 aromatic heterocycles. The number of likely N-dealkylation sites (N-methyl/N-ethyl adjacent to an activating group) is 1. The number of amides is 1. The Morgan fingerprint density at radius 1 is 1.00 bits per heavy atom. The van der Waals surface area contributed by atoms with E-state index in [0.717, 1.165) is 0 Å². The molecule has 2 aromatic rings. The third-order valence-electron chi connectivity index (χ3n) is 5.12. The normalized spacial score (nSPS) is 21.7. The molecule has 0 aliphatic carbocycles. The van der Waals surface area contributed by atoms with Gasteiger partial charge < -0.3 is 10.0 Å². The number of carbonyl (C=O) groups excluding carboxylic acids is 1.